The van der Waals surface area contributed by atoms with Crippen molar-refractivity contribution in [2.24, 2.45) is 10.2 Å². The molecule has 3 aliphatic rings. The number of non-ortho nitro benzene ring substituents is 1. The first-order valence-corrected chi connectivity index (χ1v) is 26.0. The summed E-state index contributed by atoms with van der Waals surface area (Å²) in [6.07, 6.45) is 0. The Hall–Kier alpha value is -9.33. The van der Waals surface area contributed by atoms with E-state index >= 15 is 0 Å². The number of amides is 2. The molecule has 0 atom stereocenters. The molecule has 1 fully saturated rings. The lowest BCUT2D eigenvalue weighted by Gasteiger charge is -2.35. The van der Waals surface area contributed by atoms with E-state index in [1.807, 2.05) is 110 Å². The smallest absolute Gasteiger partial charge is 0.338 e. The van der Waals surface area contributed by atoms with Crippen molar-refractivity contribution in [3.05, 3.63) is 225 Å². The van der Waals surface area contributed by atoms with Gasteiger partial charge in [-0.15, -0.1) is 0 Å². The first kappa shape index (κ1) is 50.2. The van der Waals surface area contributed by atoms with Crippen LogP contribution in [-0.4, -0.2) is 83.5 Å². The summed E-state index contributed by atoms with van der Waals surface area (Å²) in [6.45, 7) is 4.18. The van der Waals surface area contributed by atoms with Crippen LogP contribution in [0.1, 0.15) is 38.0 Å². The Kier molecular flexibility index (Phi) is 14.8. The lowest BCUT2D eigenvalue weighted by atomic mass is 9.90. The van der Waals surface area contributed by atoms with Crippen molar-refractivity contribution < 1.29 is 33.6 Å². The second-order valence-corrected chi connectivity index (χ2v) is 20.1. The maximum absolute atomic E-state index is 14.6. The van der Waals surface area contributed by atoms with Crippen molar-refractivity contribution in [1.29, 1.82) is 0 Å². The van der Waals surface area contributed by atoms with Crippen LogP contribution in [0.3, 0.4) is 0 Å². The number of benzene rings is 8. The number of piperazine rings is 1. The van der Waals surface area contributed by atoms with Crippen molar-refractivity contribution in [3.8, 4) is 28.2 Å². The van der Waals surface area contributed by atoms with Gasteiger partial charge in [-0.05, 0) is 116 Å². The number of likely N-dealkylation sites (N-methyl/N-ethyl adjacent to an activating group) is 1. The third-order valence-electron chi connectivity index (χ3n) is 13.2. The van der Waals surface area contributed by atoms with Crippen LogP contribution in [0.4, 0.5) is 22.7 Å². The summed E-state index contributed by atoms with van der Waals surface area (Å²) >= 11 is 0. The van der Waals surface area contributed by atoms with Gasteiger partial charge in [-0.1, -0.05) is 78.9 Å². The number of fused-ring (bicyclic) bond motifs is 2. The number of nitro benzene ring substituents is 1. The van der Waals surface area contributed by atoms with Gasteiger partial charge in [0.05, 0.1) is 28.4 Å². The molecule has 7 aromatic rings. The number of rotatable bonds is 15. The topological polar surface area (TPSA) is 188 Å². The number of carbonyl (C=O) groups is 3. The van der Waals surface area contributed by atoms with Gasteiger partial charge >= 0.3 is 5.97 Å². The summed E-state index contributed by atoms with van der Waals surface area (Å²) < 4.78 is 12.1. The van der Waals surface area contributed by atoms with Gasteiger partial charge in [0.25, 0.3) is 17.5 Å². The summed E-state index contributed by atoms with van der Waals surface area (Å²) in [5.74, 6) is -0.634. The molecule has 0 radical (unpaired) electrons. The number of hydrogen-bond acceptors (Lipinski definition) is 12. The second kappa shape index (κ2) is 22.4. The molecular weight excluding hydrogens is 980 g/mol. The zero-order valence-corrected chi connectivity index (χ0v) is 42.1. The third-order valence-corrected chi connectivity index (χ3v) is 15.7. The molecule has 0 aromatic heterocycles. The van der Waals surface area contributed by atoms with E-state index in [2.05, 4.69) is 15.1 Å². The quantitative estimate of drug-likeness (QED) is 0.0258. The zero-order chi connectivity index (χ0) is 52.7. The normalized spacial score (nSPS) is 12.6. The molecule has 1 aliphatic carbocycles. The van der Waals surface area contributed by atoms with E-state index in [1.165, 1.54) is 42.5 Å². The van der Waals surface area contributed by atoms with E-state index in [-0.39, 0.29) is 61.5 Å². The van der Waals surface area contributed by atoms with E-state index in [0.29, 0.717) is 79.9 Å². The van der Waals surface area contributed by atoms with Crippen LogP contribution >= 0.6 is 7.92 Å². The van der Waals surface area contributed by atoms with Crippen molar-refractivity contribution >= 4 is 75.3 Å². The number of aromatic hydroxyl groups is 1. The monoisotopic (exact) mass is 1030 g/mol. The molecule has 76 heavy (non-hydrogen) atoms. The van der Waals surface area contributed by atoms with Gasteiger partial charge < -0.3 is 29.0 Å². The number of anilines is 1. The highest BCUT2D eigenvalue weighted by Gasteiger charge is 2.31. The lowest BCUT2D eigenvalue weighted by molar-refractivity contribution is -0.384. The molecule has 0 saturated carbocycles. The molecule has 1 N–H and O–H groups in total. The number of nitrogens with zero attached hydrogens (tertiary/aromatic N) is 6. The number of phenolic OH excluding ortho intramolecular Hbond substituents is 1. The third kappa shape index (κ3) is 10.8. The maximum atomic E-state index is 14.6. The molecule has 2 aliphatic heterocycles. The van der Waals surface area contributed by atoms with Crippen LogP contribution in [0.5, 0.6) is 5.75 Å². The molecule has 0 bridgehead atoms. The molecule has 7 aromatic carbocycles. The maximum Gasteiger partial charge on any atom is 0.338 e. The largest absolute Gasteiger partial charge is 0.508 e. The van der Waals surface area contributed by atoms with Gasteiger partial charge in [0.1, 0.15) is 23.7 Å². The molecular formula is C60H49N6O9P. The predicted molar refractivity (Wildman–Crippen MR) is 295 cm³/mol. The molecule has 378 valence electrons. The molecule has 16 heteroatoms. The van der Waals surface area contributed by atoms with E-state index in [0.717, 1.165) is 16.3 Å². The van der Waals surface area contributed by atoms with E-state index in [1.54, 1.807) is 52.3 Å². The van der Waals surface area contributed by atoms with Crippen LogP contribution in [-0.2, 0) is 4.74 Å². The Bertz CT molecular complexity index is 3620. The highest BCUT2D eigenvalue weighted by Crippen LogP contribution is 2.42. The highest BCUT2D eigenvalue weighted by molar-refractivity contribution is 7.80. The number of phenols is 1. The fraction of sp³-hybridized carbons (Fsp3) is 0.133. The number of carbonyl (C=O) groups excluding carboxylic acids is 3. The summed E-state index contributed by atoms with van der Waals surface area (Å²) in [5, 5.41) is 33.1. The second-order valence-electron chi connectivity index (χ2n) is 17.9. The van der Waals surface area contributed by atoms with Crippen molar-refractivity contribution in [1.82, 2.24) is 9.80 Å². The van der Waals surface area contributed by atoms with Crippen LogP contribution in [0.15, 0.2) is 207 Å². The lowest BCUT2D eigenvalue weighted by Crippen LogP contribution is -2.50. The SMILES string of the molecule is CCN(CCOC(=O)c1ccc(C(=O)N2CCN(C(=O)c3ccccc3-c3c4ccc(=O)cc-4oc4cc(O)ccc34)CC2)cc1P(c1ccccc1)c1ccccc1)c1ccc(N=Nc2ccc([N+](=O)[O-])cc2)cc1. The standard InChI is InChI=1S/C60H49N6O9P/c1-2-63(43-22-18-41(19-23-43)61-62-42-20-24-44(25-21-42)66(72)73)35-36-74-60(71)53-28-17-40(37-56(53)76(47-11-5-3-6-12-47)48-13-7-4-8-14-48)58(69)64-31-33-65(34-32-64)59(70)50-16-10-9-15-49(50)57-51-29-26-45(67)38-54(51)75-55-39-46(68)27-30-52(55)57/h3-30,37-39,67H,2,31-36H2,1H3. The number of nitro groups is 1. The fourth-order valence-electron chi connectivity index (χ4n) is 9.39. The Morgan fingerprint density at radius 3 is 1.95 bits per heavy atom. The summed E-state index contributed by atoms with van der Waals surface area (Å²) in [6, 6.07) is 54.9. The Morgan fingerprint density at radius 2 is 1.30 bits per heavy atom. The van der Waals surface area contributed by atoms with Crippen molar-refractivity contribution in [2.45, 2.75) is 6.92 Å². The number of azo groups is 1. The molecule has 10 rings (SSSR count). The van der Waals surface area contributed by atoms with Gasteiger partial charge in [-0.25, -0.2) is 4.79 Å². The van der Waals surface area contributed by atoms with Crippen LogP contribution in [0.25, 0.3) is 33.4 Å². The minimum atomic E-state index is -1.35. The van der Waals surface area contributed by atoms with E-state index in [4.69, 9.17) is 9.15 Å². The Morgan fingerprint density at radius 1 is 0.684 bits per heavy atom. The van der Waals surface area contributed by atoms with Crippen LogP contribution in [0.2, 0.25) is 0 Å². The molecule has 1 saturated heterocycles. The molecule has 15 nitrogen and oxygen atoms in total. The minimum Gasteiger partial charge on any atom is -0.508 e. The van der Waals surface area contributed by atoms with Gasteiger partial charge in [-0.2, -0.15) is 10.2 Å². The summed E-state index contributed by atoms with van der Waals surface area (Å²) in [4.78, 5) is 72.0. The average molecular weight is 1030 g/mol. The van der Waals surface area contributed by atoms with Crippen molar-refractivity contribution in [2.75, 3.05) is 50.8 Å². The first-order valence-electron chi connectivity index (χ1n) is 24.6. The first-order chi connectivity index (χ1) is 37.0. The van der Waals surface area contributed by atoms with E-state index < -0.39 is 18.8 Å². The van der Waals surface area contributed by atoms with Crippen molar-refractivity contribution in [3.63, 3.8) is 0 Å². The fourth-order valence-corrected chi connectivity index (χ4v) is 11.9. The van der Waals surface area contributed by atoms with Gasteiger partial charge in [0.2, 0.25) is 0 Å². The molecule has 0 unspecified atom stereocenters. The minimum absolute atomic E-state index is 0.00177. The van der Waals surface area contributed by atoms with Gasteiger partial charge in [-0.3, -0.25) is 24.5 Å². The Balaban J connectivity index is 0.866. The van der Waals surface area contributed by atoms with Crippen LogP contribution in [0, 0.1) is 10.1 Å². The highest BCUT2D eigenvalue weighted by atomic mass is 31.1. The Labute approximate surface area is 438 Å². The number of ether oxygens (including phenoxy) is 1. The number of hydrogen-bond donors (Lipinski definition) is 1. The summed E-state index contributed by atoms with van der Waals surface area (Å²) in [5.41, 5.74) is 5.24. The predicted octanol–water partition coefficient (Wildman–Crippen LogP) is 10.6. The number of esters is 1. The van der Waals surface area contributed by atoms with Crippen LogP contribution < -0.4 is 26.2 Å². The van der Waals surface area contributed by atoms with Gasteiger partial charge in [0, 0.05) is 95.6 Å². The molecule has 0 spiro atoms. The zero-order valence-electron chi connectivity index (χ0n) is 41.2. The van der Waals surface area contributed by atoms with E-state index in [9.17, 15) is 34.4 Å². The summed E-state index contributed by atoms with van der Waals surface area (Å²) in [7, 11) is -1.35. The van der Waals surface area contributed by atoms with Gasteiger partial charge in [0.15, 0.2) is 5.43 Å². The molecule has 2 amide bonds. The molecule has 2 heterocycles. The average Bonchev–Trinajstić information content (AvgIpc) is 3.52.